The van der Waals surface area contributed by atoms with E-state index in [4.69, 9.17) is 4.74 Å². The number of nitrogens with one attached hydrogen (secondary N) is 1. The van der Waals surface area contributed by atoms with Crippen LogP contribution in [0, 0.1) is 22.9 Å². The van der Waals surface area contributed by atoms with Gasteiger partial charge in [0.05, 0.1) is 4.92 Å². The highest BCUT2D eigenvalue weighted by atomic mass is 19.1. The van der Waals surface area contributed by atoms with E-state index in [0.29, 0.717) is 11.1 Å². The van der Waals surface area contributed by atoms with E-state index in [2.05, 4.69) is 5.32 Å². The van der Waals surface area contributed by atoms with Crippen molar-refractivity contribution < 1.29 is 23.6 Å². The molecule has 1 N–H and O–H groups in total. The summed E-state index contributed by atoms with van der Waals surface area (Å²) in [5, 5.41) is 13.0. The van der Waals surface area contributed by atoms with Crippen molar-refractivity contribution in [2.45, 2.75) is 6.92 Å². The standard InChI is InChI=1S/C18H15FN2O5/c1-12-2-6-14(10-16(12)19)20-17(22)11-26-18(23)9-5-13-3-7-15(8-4-13)21(24)25/h2-10H,11H2,1H3,(H,20,22)/b9-5+. The zero-order valence-electron chi connectivity index (χ0n) is 13.8. The summed E-state index contributed by atoms with van der Waals surface area (Å²) in [6, 6.07) is 9.78. The van der Waals surface area contributed by atoms with Crippen molar-refractivity contribution in [1.82, 2.24) is 0 Å². The number of esters is 1. The molecule has 0 aliphatic heterocycles. The van der Waals surface area contributed by atoms with Gasteiger partial charge in [-0.15, -0.1) is 0 Å². The number of ether oxygens (including phenoxy) is 1. The average Bonchev–Trinajstić information content (AvgIpc) is 2.61. The van der Waals surface area contributed by atoms with Crippen LogP contribution in [0.5, 0.6) is 0 Å². The van der Waals surface area contributed by atoms with E-state index < -0.39 is 29.2 Å². The number of carbonyl (C=O) groups excluding carboxylic acids is 2. The normalized spacial score (nSPS) is 10.5. The summed E-state index contributed by atoms with van der Waals surface area (Å²) < 4.78 is 18.2. The number of aryl methyl sites for hydroxylation is 1. The van der Waals surface area contributed by atoms with Crippen molar-refractivity contribution in [2.24, 2.45) is 0 Å². The minimum atomic E-state index is -0.756. The molecule has 0 bridgehead atoms. The molecule has 0 radical (unpaired) electrons. The molecule has 2 aromatic carbocycles. The van der Waals surface area contributed by atoms with Crippen LogP contribution >= 0.6 is 0 Å². The highest BCUT2D eigenvalue weighted by molar-refractivity contribution is 5.94. The summed E-state index contributed by atoms with van der Waals surface area (Å²) in [6.45, 7) is 1.07. The third-order valence-electron chi connectivity index (χ3n) is 3.32. The summed E-state index contributed by atoms with van der Waals surface area (Å²) in [4.78, 5) is 33.3. The Morgan fingerprint density at radius 1 is 1.23 bits per heavy atom. The molecule has 0 aromatic heterocycles. The maximum absolute atomic E-state index is 13.4. The monoisotopic (exact) mass is 358 g/mol. The van der Waals surface area contributed by atoms with Gasteiger partial charge in [-0.1, -0.05) is 6.07 Å². The second kappa shape index (κ2) is 8.52. The van der Waals surface area contributed by atoms with Gasteiger partial charge >= 0.3 is 5.97 Å². The van der Waals surface area contributed by atoms with Gasteiger partial charge < -0.3 is 10.1 Å². The van der Waals surface area contributed by atoms with Gasteiger partial charge in [-0.05, 0) is 48.4 Å². The molecule has 134 valence electrons. The molecule has 0 atom stereocenters. The zero-order valence-corrected chi connectivity index (χ0v) is 13.8. The van der Waals surface area contributed by atoms with Gasteiger partial charge in [-0.2, -0.15) is 0 Å². The van der Waals surface area contributed by atoms with Crippen LogP contribution in [-0.2, 0) is 14.3 Å². The largest absolute Gasteiger partial charge is 0.452 e. The fourth-order valence-corrected chi connectivity index (χ4v) is 1.92. The molecule has 1 amide bonds. The van der Waals surface area contributed by atoms with Crippen molar-refractivity contribution >= 4 is 29.3 Å². The molecular formula is C18H15FN2O5. The van der Waals surface area contributed by atoms with Crippen LogP contribution in [0.25, 0.3) is 6.08 Å². The number of hydrogen-bond donors (Lipinski definition) is 1. The molecule has 0 spiro atoms. The summed E-state index contributed by atoms with van der Waals surface area (Å²) >= 11 is 0. The Morgan fingerprint density at radius 2 is 1.92 bits per heavy atom. The molecule has 2 aromatic rings. The first-order valence-electron chi connectivity index (χ1n) is 7.50. The van der Waals surface area contributed by atoms with Gasteiger partial charge in [0, 0.05) is 23.9 Å². The smallest absolute Gasteiger partial charge is 0.331 e. The van der Waals surface area contributed by atoms with E-state index in [1.165, 1.54) is 48.5 Å². The third kappa shape index (κ3) is 5.52. The summed E-state index contributed by atoms with van der Waals surface area (Å²) in [5.74, 6) is -1.82. The number of nitro benzene ring substituents is 1. The lowest BCUT2D eigenvalue weighted by Gasteiger charge is -2.06. The second-order valence-electron chi connectivity index (χ2n) is 5.30. The molecule has 0 aliphatic carbocycles. The predicted molar refractivity (Wildman–Crippen MR) is 92.9 cm³/mol. The molecule has 2 rings (SSSR count). The molecule has 8 heteroatoms. The number of non-ortho nitro benzene ring substituents is 1. The lowest BCUT2D eigenvalue weighted by Crippen LogP contribution is -2.20. The first kappa shape index (κ1) is 18.8. The van der Waals surface area contributed by atoms with Crippen LogP contribution in [-0.4, -0.2) is 23.4 Å². The molecule has 0 aliphatic rings. The van der Waals surface area contributed by atoms with Gasteiger partial charge in [0.1, 0.15) is 5.82 Å². The quantitative estimate of drug-likeness (QED) is 0.370. The highest BCUT2D eigenvalue weighted by Crippen LogP contribution is 2.14. The Balaban J connectivity index is 1.82. The minimum absolute atomic E-state index is 0.0612. The van der Waals surface area contributed by atoms with Crippen molar-refractivity contribution in [3.63, 3.8) is 0 Å². The van der Waals surface area contributed by atoms with Gasteiger partial charge in [-0.25, -0.2) is 9.18 Å². The van der Waals surface area contributed by atoms with Gasteiger partial charge in [0.15, 0.2) is 6.61 Å². The molecular weight excluding hydrogens is 343 g/mol. The lowest BCUT2D eigenvalue weighted by atomic mass is 10.2. The van der Waals surface area contributed by atoms with Crippen LogP contribution in [0.3, 0.4) is 0 Å². The number of anilines is 1. The van der Waals surface area contributed by atoms with Crippen LogP contribution in [0.15, 0.2) is 48.5 Å². The Labute approximate surface area is 148 Å². The number of benzene rings is 2. The van der Waals surface area contributed by atoms with Crippen molar-refractivity contribution in [1.29, 1.82) is 0 Å². The first-order valence-corrected chi connectivity index (χ1v) is 7.50. The maximum atomic E-state index is 13.4. The molecule has 0 unspecified atom stereocenters. The number of halogens is 1. The molecule has 7 nitrogen and oxygen atoms in total. The zero-order chi connectivity index (χ0) is 19.1. The maximum Gasteiger partial charge on any atom is 0.331 e. The molecule has 0 heterocycles. The van der Waals surface area contributed by atoms with Gasteiger partial charge in [0.25, 0.3) is 11.6 Å². The molecule has 0 fully saturated rings. The highest BCUT2D eigenvalue weighted by Gasteiger charge is 2.07. The van der Waals surface area contributed by atoms with Crippen LogP contribution in [0.4, 0.5) is 15.8 Å². The fraction of sp³-hybridized carbons (Fsp3) is 0.111. The minimum Gasteiger partial charge on any atom is -0.452 e. The number of carbonyl (C=O) groups is 2. The van der Waals surface area contributed by atoms with Crippen molar-refractivity contribution in [2.75, 3.05) is 11.9 Å². The Kier molecular flexibility index (Phi) is 6.15. The van der Waals surface area contributed by atoms with E-state index >= 15 is 0 Å². The number of hydrogen-bond acceptors (Lipinski definition) is 5. The van der Waals surface area contributed by atoms with Crippen molar-refractivity contribution in [3.05, 3.63) is 75.6 Å². The number of nitrogens with zero attached hydrogens (tertiary/aromatic N) is 1. The summed E-state index contributed by atoms with van der Waals surface area (Å²) in [7, 11) is 0. The lowest BCUT2D eigenvalue weighted by molar-refractivity contribution is -0.384. The van der Waals surface area contributed by atoms with E-state index in [1.54, 1.807) is 6.92 Å². The summed E-state index contributed by atoms with van der Waals surface area (Å²) in [6.07, 6.45) is 2.50. The SMILES string of the molecule is Cc1ccc(NC(=O)COC(=O)/C=C/c2ccc([N+](=O)[O-])cc2)cc1F. The predicted octanol–water partition coefficient (Wildman–Crippen LogP) is 3.24. The van der Waals surface area contributed by atoms with Gasteiger partial charge in [-0.3, -0.25) is 14.9 Å². The number of amides is 1. The van der Waals surface area contributed by atoms with Crippen LogP contribution in [0.2, 0.25) is 0 Å². The number of nitro groups is 1. The average molecular weight is 358 g/mol. The van der Waals surface area contributed by atoms with E-state index in [9.17, 15) is 24.1 Å². The van der Waals surface area contributed by atoms with E-state index in [0.717, 1.165) is 6.08 Å². The van der Waals surface area contributed by atoms with Crippen LogP contribution < -0.4 is 5.32 Å². The fourth-order valence-electron chi connectivity index (χ4n) is 1.92. The molecule has 0 saturated carbocycles. The third-order valence-corrected chi connectivity index (χ3v) is 3.32. The molecule has 0 saturated heterocycles. The first-order chi connectivity index (χ1) is 12.3. The Hall–Kier alpha value is -3.55. The van der Waals surface area contributed by atoms with Crippen molar-refractivity contribution in [3.8, 4) is 0 Å². The van der Waals surface area contributed by atoms with E-state index in [-0.39, 0.29) is 11.4 Å². The summed E-state index contributed by atoms with van der Waals surface area (Å²) in [5.41, 5.74) is 1.21. The van der Waals surface area contributed by atoms with Gasteiger partial charge in [0.2, 0.25) is 0 Å². The second-order valence-corrected chi connectivity index (χ2v) is 5.30. The molecule has 26 heavy (non-hydrogen) atoms. The number of rotatable bonds is 6. The van der Waals surface area contributed by atoms with Crippen LogP contribution in [0.1, 0.15) is 11.1 Å². The topological polar surface area (TPSA) is 98.5 Å². The Bertz CT molecular complexity index is 862. The van der Waals surface area contributed by atoms with E-state index in [1.807, 2.05) is 0 Å². The Morgan fingerprint density at radius 3 is 2.54 bits per heavy atom.